The summed E-state index contributed by atoms with van der Waals surface area (Å²) in [6, 6.07) is 13.0. The molecule has 0 spiro atoms. The summed E-state index contributed by atoms with van der Waals surface area (Å²) in [5.74, 6) is -0.294. The van der Waals surface area contributed by atoms with Gasteiger partial charge in [0.15, 0.2) is 0 Å². The molecule has 0 bridgehead atoms. The van der Waals surface area contributed by atoms with E-state index in [2.05, 4.69) is 20.7 Å². The first kappa shape index (κ1) is 17.0. The molecule has 0 aliphatic rings. The number of rotatable bonds is 4. The van der Waals surface area contributed by atoms with Crippen molar-refractivity contribution in [3.63, 3.8) is 0 Å². The van der Waals surface area contributed by atoms with Crippen LogP contribution in [0.1, 0.15) is 16.1 Å². The van der Waals surface area contributed by atoms with Crippen molar-refractivity contribution >= 4 is 35.3 Å². The number of phenols is 1. The van der Waals surface area contributed by atoms with Gasteiger partial charge in [-0.15, -0.1) is 0 Å². The van der Waals surface area contributed by atoms with Gasteiger partial charge in [-0.3, -0.25) is 9.89 Å². The average Bonchev–Trinajstić information content (AvgIpc) is 3.09. The fourth-order valence-electron chi connectivity index (χ4n) is 2.06. The quantitative estimate of drug-likeness (QED) is 0.478. The Labute approximate surface area is 153 Å². The van der Waals surface area contributed by atoms with Crippen LogP contribution < -0.4 is 5.43 Å². The van der Waals surface area contributed by atoms with Crippen LogP contribution in [0.15, 0.2) is 53.6 Å². The lowest BCUT2D eigenvalue weighted by Gasteiger charge is -2.00. The van der Waals surface area contributed by atoms with E-state index in [4.69, 9.17) is 23.2 Å². The number of benzene rings is 2. The number of H-pyrrole nitrogens is 1. The van der Waals surface area contributed by atoms with E-state index in [9.17, 15) is 9.90 Å². The van der Waals surface area contributed by atoms with E-state index in [-0.39, 0.29) is 11.4 Å². The number of hydrazone groups is 1. The number of carbonyl (C=O) groups is 1. The minimum Gasteiger partial charge on any atom is -0.508 e. The normalized spacial score (nSPS) is 11.0. The van der Waals surface area contributed by atoms with E-state index >= 15 is 0 Å². The Hall–Kier alpha value is -2.83. The predicted molar refractivity (Wildman–Crippen MR) is 97.2 cm³/mol. The highest BCUT2D eigenvalue weighted by Gasteiger charge is 2.13. The zero-order valence-corrected chi connectivity index (χ0v) is 14.2. The van der Waals surface area contributed by atoms with Gasteiger partial charge in [0.25, 0.3) is 5.91 Å². The number of aromatic nitrogens is 2. The van der Waals surface area contributed by atoms with Crippen molar-refractivity contribution in [2.24, 2.45) is 5.10 Å². The maximum Gasteiger partial charge on any atom is 0.289 e. The number of halogens is 2. The summed E-state index contributed by atoms with van der Waals surface area (Å²) in [7, 11) is 0. The van der Waals surface area contributed by atoms with Crippen molar-refractivity contribution in [2.45, 2.75) is 0 Å². The zero-order chi connectivity index (χ0) is 17.8. The summed E-state index contributed by atoms with van der Waals surface area (Å²) >= 11 is 12.1. The molecule has 3 N–H and O–H groups in total. The average molecular weight is 375 g/mol. The number of aromatic amines is 1. The van der Waals surface area contributed by atoms with Gasteiger partial charge in [0.2, 0.25) is 0 Å². The smallest absolute Gasteiger partial charge is 0.289 e. The summed E-state index contributed by atoms with van der Waals surface area (Å²) in [6.07, 6.45) is 1.46. The van der Waals surface area contributed by atoms with E-state index in [1.807, 2.05) is 0 Å². The van der Waals surface area contributed by atoms with Crippen molar-refractivity contribution in [1.29, 1.82) is 0 Å². The predicted octanol–water partition coefficient (Wildman–Crippen LogP) is 3.85. The van der Waals surface area contributed by atoms with Crippen LogP contribution in [0.4, 0.5) is 0 Å². The third-order valence-electron chi connectivity index (χ3n) is 3.30. The molecule has 8 heteroatoms. The highest BCUT2D eigenvalue weighted by atomic mass is 35.5. The Morgan fingerprint density at radius 3 is 2.68 bits per heavy atom. The van der Waals surface area contributed by atoms with Crippen molar-refractivity contribution in [1.82, 2.24) is 15.6 Å². The minimum atomic E-state index is -0.452. The number of carbonyl (C=O) groups excluding carboxylic acids is 1. The van der Waals surface area contributed by atoms with Crippen LogP contribution in [0.3, 0.4) is 0 Å². The Bertz CT molecular complexity index is 936. The Morgan fingerprint density at radius 2 is 1.92 bits per heavy atom. The summed E-state index contributed by atoms with van der Waals surface area (Å²) in [6.45, 7) is 0. The van der Waals surface area contributed by atoms with Gasteiger partial charge in [0.1, 0.15) is 11.4 Å². The zero-order valence-electron chi connectivity index (χ0n) is 12.7. The fraction of sp³-hybridized carbons (Fsp3) is 0. The highest BCUT2D eigenvalue weighted by Crippen LogP contribution is 2.29. The van der Waals surface area contributed by atoms with Crippen LogP contribution in [0, 0.1) is 0 Å². The molecule has 25 heavy (non-hydrogen) atoms. The largest absolute Gasteiger partial charge is 0.508 e. The fourth-order valence-corrected chi connectivity index (χ4v) is 2.44. The molecule has 0 saturated heterocycles. The van der Waals surface area contributed by atoms with Crippen LogP contribution in [-0.2, 0) is 0 Å². The van der Waals surface area contributed by atoms with Gasteiger partial charge in [-0.25, -0.2) is 5.43 Å². The first-order valence-electron chi connectivity index (χ1n) is 7.16. The molecule has 3 aromatic rings. The second-order valence-electron chi connectivity index (χ2n) is 5.08. The molecule has 3 rings (SSSR count). The minimum absolute atomic E-state index is 0.158. The van der Waals surface area contributed by atoms with Gasteiger partial charge in [0, 0.05) is 10.6 Å². The maximum atomic E-state index is 12.1. The van der Waals surface area contributed by atoms with E-state index in [0.717, 1.165) is 5.56 Å². The number of aromatic hydroxyl groups is 1. The third kappa shape index (κ3) is 4.17. The molecule has 126 valence electrons. The molecule has 0 unspecified atom stereocenters. The first-order valence-corrected chi connectivity index (χ1v) is 7.92. The second-order valence-corrected chi connectivity index (χ2v) is 5.93. The van der Waals surface area contributed by atoms with Crippen molar-refractivity contribution in [2.75, 3.05) is 0 Å². The lowest BCUT2D eigenvalue weighted by Crippen LogP contribution is -2.17. The number of hydrogen-bond donors (Lipinski definition) is 3. The number of hydrogen-bond acceptors (Lipinski definition) is 4. The van der Waals surface area contributed by atoms with Gasteiger partial charge in [-0.2, -0.15) is 10.2 Å². The van der Waals surface area contributed by atoms with E-state index < -0.39 is 5.91 Å². The molecule has 6 nitrogen and oxygen atoms in total. The number of nitrogens with zero attached hydrogens (tertiary/aromatic N) is 2. The van der Waals surface area contributed by atoms with Gasteiger partial charge in [0.05, 0.1) is 16.9 Å². The molecule has 1 heterocycles. The van der Waals surface area contributed by atoms with E-state index in [0.29, 0.717) is 21.3 Å². The molecule has 0 aliphatic heterocycles. The van der Waals surface area contributed by atoms with Crippen LogP contribution in [0.25, 0.3) is 11.3 Å². The van der Waals surface area contributed by atoms with Crippen molar-refractivity contribution in [3.8, 4) is 17.0 Å². The lowest BCUT2D eigenvalue weighted by atomic mass is 10.1. The van der Waals surface area contributed by atoms with Gasteiger partial charge in [-0.05, 0) is 54.1 Å². The van der Waals surface area contributed by atoms with E-state index in [1.54, 1.807) is 36.4 Å². The summed E-state index contributed by atoms with van der Waals surface area (Å²) in [4.78, 5) is 12.1. The monoisotopic (exact) mass is 374 g/mol. The van der Waals surface area contributed by atoms with Gasteiger partial charge in [-0.1, -0.05) is 23.2 Å². The Morgan fingerprint density at radius 1 is 1.16 bits per heavy atom. The highest BCUT2D eigenvalue weighted by molar-refractivity contribution is 6.35. The van der Waals surface area contributed by atoms with Gasteiger partial charge >= 0.3 is 0 Å². The summed E-state index contributed by atoms with van der Waals surface area (Å²) in [5.41, 5.74) is 4.47. The van der Waals surface area contributed by atoms with Crippen LogP contribution >= 0.6 is 23.2 Å². The Balaban J connectivity index is 1.70. The molecular formula is C17H12Cl2N4O2. The summed E-state index contributed by atoms with van der Waals surface area (Å²) < 4.78 is 0. The number of amides is 1. The lowest BCUT2D eigenvalue weighted by molar-refractivity contribution is 0.0950. The Kier molecular flexibility index (Phi) is 5.02. The number of phenolic OH excluding ortho intramolecular Hbond substituents is 1. The third-order valence-corrected chi connectivity index (χ3v) is 3.86. The molecule has 0 radical (unpaired) electrons. The van der Waals surface area contributed by atoms with Crippen LogP contribution in [-0.4, -0.2) is 27.4 Å². The first-order chi connectivity index (χ1) is 12.0. The van der Waals surface area contributed by atoms with Crippen molar-refractivity contribution in [3.05, 3.63) is 69.8 Å². The van der Waals surface area contributed by atoms with Crippen LogP contribution in [0.5, 0.6) is 5.75 Å². The SMILES string of the molecule is O=C(N/N=C/c1ccc(O)cc1)c1cc(-c2cc(Cl)ccc2Cl)n[nH]1. The standard InChI is InChI=1S/C17H12Cl2N4O2/c18-11-3-6-14(19)13(7-11)15-8-16(22-21-15)17(25)23-20-9-10-1-4-12(24)5-2-10/h1-9,24H,(H,21,22)(H,23,25)/b20-9+. The van der Waals surface area contributed by atoms with Gasteiger partial charge < -0.3 is 5.11 Å². The molecule has 0 saturated carbocycles. The van der Waals surface area contributed by atoms with Crippen molar-refractivity contribution < 1.29 is 9.90 Å². The van der Waals surface area contributed by atoms with Crippen LogP contribution in [0.2, 0.25) is 10.0 Å². The molecule has 1 amide bonds. The molecule has 0 fully saturated rings. The number of nitrogens with one attached hydrogen (secondary N) is 2. The summed E-state index contributed by atoms with van der Waals surface area (Å²) in [5, 5.41) is 20.8. The molecule has 2 aromatic carbocycles. The molecule has 0 atom stereocenters. The molecule has 1 aromatic heterocycles. The molecular weight excluding hydrogens is 363 g/mol. The molecule has 0 aliphatic carbocycles. The van der Waals surface area contributed by atoms with E-state index in [1.165, 1.54) is 18.3 Å². The maximum absolute atomic E-state index is 12.1. The second kappa shape index (κ2) is 7.38. The topological polar surface area (TPSA) is 90.4 Å².